The standard InChI is InChI=1S/C15H16N4OS/c1-9-6-12-14(19-16)17-13(18-15(12)21-9)8-10-4-3-5-11(7-10)20-2/h3-7H,8,16H2,1-2H3,(H,17,18,19). The van der Waals surface area contributed by atoms with Crippen molar-refractivity contribution in [2.75, 3.05) is 12.5 Å². The van der Waals surface area contributed by atoms with E-state index in [1.165, 1.54) is 4.88 Å². The van der Waals surface area contributed by atoms with Crippen LogP contribution in [-0.4, -0.2) is 17.1 Å². The van der Waals surface area contributed by atoms with Crippen LogP contribution in [0.1, 0.15) is 16.3 Å². The average Bonchev–Trinajstić information content (AvgIpc) is 2.86. The molecular weight excluding hydrogens is 284 g/mol. The van der Waals surface area contributed by atoms with Gasteiger partial charge in [0.05, 0.1) is 12.5 Å². The Kier molecular flexibility index (Phi) is 3.72. The van der Waals surface area contributed by atoms with E-state index < -0.39 is 0 Å². The van der Waals surface area contributed by atoms with Gasteiger partial charge in [0.1, 0.15) is 16.4 Å². The smallest absolute Gasteiger partial charge is 0.152 e. The molecule has 1 aromatic carbocycles. The highest BCUT2D eigenvalue weighted by Crippen LogP contribution is 2.28. The number of fused-ring (bicyclic) bond motifs is 1. The summed E-state index contributed by atoms with van der Waals surface area (Å²) in [5, 5.41) is 0.967. The lowest BCUT2D eigenvalue weighted by Crippen LogP contribution is -2.10. The van der Waals surface area contributed by atoms with Gasteiger partial charge in [-0.25, -0.2) is 15.8 Å². The van der Waals surface area contributed by atoms with Gasteiger partial charge in [-0.15, -0.1) is 11.3 Å². The Labute approximate surface area is 126 Å². The Morgan fingerprint density at radius 3 is 2.90 bits per heavy atom. The summed E-state index contributed by atoms with van der Waals surface area (Å²) in [4.78, 5) is 11.3. The molecule has 3 N–H and O–H groups in total. The van der Waals surface area contributed by atoms with Crippen LogP contribution in [0.5, 0.6) is 5.75 Å². The van der Waals surface area contributed by atoms with Crippen LogP contribution < -0.4 is 16.0 Å². The van der Waals surface area contributed by atoms with Crippen LogP contribution in [0.4, 0.5) is 5.82 Å². The Morgan fingerprint density at radius 1 is 1.29 bits per heavy atom. The summed E-state index contributed by atoms with van der Waals surface area (Å²) in [6.07, 6.45) is 0.638. The van der Waals surface area contributed by atoms with Crippen LogP contribution >= 0.6 is 11.3 Å². The highest BCUT2D eigenvalue weighted by atomic mass is 32.1. The van der Waals surface area contributed by atoms with E-state index >= 15 is 0 Å². The predicted molar refractivity (Wildman–Crippen MR) is 85.8 cm³/mol. The molecule has 0 aliphatic rings. The van der Waals surface area contributed by atoms with Crippen molar-refractivity contribution in [3.05, 3.63) is 46.6 Å². The minimum absolute atomic E-state index is 0.638. The number of rotatable bonds is 4. The maximum atomic E-state index is 5.58. The van der Waals surface area contributed by atoms with Crippen LogP contribution in [0.3, 0.4) is 0 Å². The quantitative estimate of drug-likeness (QED) is 0.572. The summed E-state index contributed by atoms with van der Waals surface area (Å²) < 4.78 is 5.24. The van der Waals surface area contributed by atoms with Crippen molar-refractivity contribution in [3.8, 4) is 5.75 Å². The van der Waals surface area contributed by atoms with E-state index in [9.17, 15) is 0 Å². The van der Waals surface area contributed by atoms with Crippen LogP contribution in [0.2, 0.25) is 0 Å². The lowest BCUT2D eigenvalue weighted by atomic mass is 10.1. The molecule has 0 fully saturated rings. The van der Waals surface area contributed by atoms with Gasteiger partial charge < -0.3 is 10.2 Å². The number of thiophene rings is 1. The zero-order valence-electron chi connectivity index (χ0n) is 11.9. The molecule has 3 aromatic rings. The number of methoxy groups -OCH3 is 1. The van der Waals surface area contributed by atoms with Crippen LogP contribution in [0.25, 0.3) is 10.2 Å². The molecule has 0 saturated carbocycles. The van der Waals surface area contributed by atoms with Gasteiger partial charge in [-0.05, 0) is 30.7 Å². The molecule has 2 heterocycles. The van der Waals surface area contributed by atoms with E-state index in [-0.39, 0.29) is 0 Å². The van der Waals surface area contributed by atoms with Gasteiger partial charge in [0.15, 0.2) is 5.82 Å². The molecule has 0 amide bonds. The lowest BCUT2D eigenvalue weighted by Gasteiger charge is -2.06. The summed E-state index contributed by atoms with van der Waals surface area (Å²) in [6.45, 7) is 2.05. The normalized spacial score (nSPS) is 10.8. The first-order valence-corrected chi connectivity index (χ1v) is 7.38. The molecule has 108 valence electrons. The van der Waals surface area contributed by atoms with Gasteiger partial charge in [0.2, 0.25) is 0 Å². The van der Waals surface area contributed by atoms with Crippen molar-refractivity contribution in [1.29, 1.82) is 0 Å². The number of hydrogen-bond donors (Lipinski definition) is 2. The number of nitrogens with one attached hydrogen (secondary N) is 1. The summed E-state index contributed by atoms with van der Waals surface area (Å²) >= 11 is 1.64. The molecule has 0 atom stereocenters. The summed E-state index contributed by atoms with van der Waals surface area (Å²) in [7, 11) is 1.66. The van der Waals surface area contributed by atoms with Gasteiger partial charge in [0, 0.05) is 11.3 Å². The molecule has 0 radical (unpaired) electrons. The van der Waals surface area contributed by atoms with E-state index in [0.29, 0.717) is 12.2 Å². The number of benzene rings is 1. The highest BCUT2D eigenvalue weighted by molar-refractivity contribution is 7.18. The van der Waals surface area contributed by atoms with Gasteiger partial charge >= 0.3 is 0 Å². The average molecular weight is 300 g/mol. The monoisotopic (exact) mass is 300 g/mol. The topological polar surface area (TPSA) is 73.1 Å². The fourth-order valence-electron chi connectivity index (χ4n) is 2.24. The third-order valence-corrected chi connectivity index (χ3v) is 4.14. The van der Waals surface area contributed by atoms with Crippen LogP contribution in [0, 0.1) is 6.92 Å². The van der Waals surface area contributed by atoms with Crippen LogP contribution in [-0.2, 0) is 6.42 Å². The first kappa shape index (κ1) is 13.8. The van der Waals surface area contributed by atoms with E-state index in [2.05, 4.69) is 15.4 Å². The van der Waals surface area contributed by atoms with Crippen molar-refractivity contribution in [3.63, 3.8) is 0 Å². The van der Waals surface area contributed by atoms with Crippen molar-refractivity contribution in [2.24, 2.45) is 5.84 Å². The number of nitrogen functional groups attached to an aromatic ring is 1. The number of aromatic nitrogens is 2. The van der Waals surface area contributed by atoms with Crippen molar-refractivity contribution in [1.82, 2.24) is 9.97 Å². The van der Waals surface area contributed by atoms with Crippen molar-refractivity contribution in [2.45, 2.75) is 13.3 Å². The first-order chi connectivity index (χ1) is 10.2. The second kappa shape index (κ2) is 5.67. The van der Waals surface area contributed by atoms with E-state index in [1.807, 2.05) is 37.3 Å². The molecule has 3 rings (SSSR count). The van der Waals surface area contributed by atoms with Crippen LogP contribution in [0.15, 0.2) is 30.3 Å². The fourth-order valence-corrected chi connectivity index (χ4v) is 3.14. The fraction of sp³-hybridized carbons (Fsp3) is 0.200. The molecule has 0 spiro atoms. The number of anilines is 1. The zero-order chi connectivity index (χ0) is 14.8. The lowest BCUT2D eigenvalue weighted by molar-refractivity contribution is 0.414. The number of nitrogens with two attached hydrogens (primary N) is 1. The second-order valence-corrected chi connectivity index (χ2v) is 5.97. The molecule has 0 saturated heterocycles. The number of hydrazine groups is 1. The number of aryl methyl sites for hydroxylation is 1. The third kappa shape index (κ3) is 2.81. The number of hydrogen-bond acceptors (Lipinski definition) is 6. The number of nitrogens with zero attached hydrogens (tertiary/aromatic N) is 2. The molecule has 2 aromatic heterocycles. The third-order valence-electron chi connectivity index (χ3n) is 3.20. The Bertz CT molecular complexity index is 784. The molecule has 0 aliphatic carbocycles. The second-order valence-electron chi connectivity index (χ2n) is 4.74. The molecule has 6 heteroatoms. The van der Waals surface area contributed by atoms with Crippen molar-refractivity contribution < 1.29 is 4.74 Å². The Balaban J connectivity index is 1.99. The molecule has 5 nitrogen and oxygen atoms in total. The minimum atomic E-state index is 0.638. The first-order valence-electron chi connectivity index (χ1n) is 6.56. The summed E-state index contributed by atoms with van der Waals surface area (Å²) in [5.74, 6) is 7.82. The SMILES string of the molecule is COc1cccc(Cc2nc(NN)c3cc(C)sc3n2)c1. The Hall–Kier alpha value is -2.18. The summed E-state index contributed by atoms with van der Waals surface area (Å²) in [6, 6.07) is 9.95. The number of ether oxygens (including phenoxy) is 1. The molecule has 0 bridgehead atoms. The van der Waals surface area contributed by atoms with E-state index in [4.69, 9.17) is 10.6 Å². The van der Waals surface area contributed by atoms with Gasteiger partial charge in [-0.1, -0.05) is 12.1 Å². The van der Waals surface area contributed by atoms with E-state index in [0.717, 1.165) is 27.4 Å². The Morgan fingerprint density at radius 2 is 2.14 bits per heavy atom. The van der Waals surface area contributed by atoms with Crippen molar-refractivity contribution >= 4 is 27.4 Å². The summed E-state index contributed by atoms with van der Waals surface area (Å²) in [5.41, 5.74) is 3.76. The van der Waals surface area contributed by atoms with Gasteiger partial charge in [-0.3, -0.25) is 0 Å². The minimum Gasteiger partial charge on any atom is -0.497 e. The highest BCUT2D eigenvalue weighted by Gasteiger charge is 2.10. The maximum Gasteiger partial charge on any atom is 0.152 e. The largest absolute Gasteiger partial charge is 0.497 e. The molecule has 21 heavy (non-hydrogen) atoms. The van der Waals surface area contributed by atoms with E-state index in [1.54, 1.807) is 18.4 Å². The molecule has 0 aliphatic heterocycles. The molecule has 0 unspecified atom stereocenters. The zero-order valence-corrected chi connectivity index (χ0v) is 12.7. The van der Waals surface area contributed by atoms with Gasteiger partial charge in [0.25, 0.3) is 0 Å². The maximum absolute atomic E-state index is 5.58. The molecular formula is C15H16N4OS. The van der Waals surface area contributed by atoms with Gasteiger partial charge in [-0.2, -0.15) is 0 Å². The predicted octanol–water partition coefficient (Wildman–Crippen LogP) is 2.88.